The maximum atomic E-state index is 12.6. The van der Waals surface area contributed by atoms with Crippen molar-refractivity contribution in [3.8, 4) is 0 Å². The van der Waals surface area contributed by atoms with Crippen LogP contribution in [0.15, 0.2) is 24.3 Å². The fourth-order valence-electron chi connectivity index (χ4n) is 3.99. The van der Waals surface area contributed by atoms with Crippen molar-refractivity contribution < 1.29 is 14.5 Å². The fourth-order valence-corrected chi connectivity index (χ4v) is 3.99. The van der Waals surface area contributed by atoms with Gasteiger partial charge in [-0.3, -0.25) is 9.59 Å². The Morgan fingerprint density at radius 3 is 2.38 bits per heavy atom. The number of amides is 1. The van der Waals surface area contributed by atoms with Crippen molar-refractivity contribution in [1.82, 2.24) is 10.3 Å². The van der Waals surface area contributed by atoms with Crippen molar-refractivity contribution in [3.05, 3.63) is 57.9 Å². The van der Waals surface area contributed by atoms with Gasteiger partial charge in [0.1, 0.15) is 12.2 Å². The van der Waals surface area contributed by atoms with Crippen LogP contribution in [0.4, 0.5) is 0 Å². The van der Waals surface area contributed by atoms with E-state index in [9.17, 15) is 9.59 Å². The van der Waals surface area contributed by atoms with Gasteiger partial charge in [0.15, 0.2) is 5.78 Å². The molecule has 138 valence electrons. The average molecular weight is 354 g/mol. The van der Waals surface area contributed by atoms with Crippen molar-refractivity contribution in [2.24, 2.45) is 0 Å². The Balaban J connectivity index is 1.70. The number of aromatic nitrogens is 1. The molecule has 2 aromatic rings. The molecule has 1 saturated heterocycles. The molecule has 1 aromatic carbocycles. The molecule has 0 atom stereocenters. The standard InChI is InChI=1S/C21H27N3O2/c1-14-19(16(3)25)15(2)23-20(14)21(26)22-12-17-8-4-5-9-18(17)13-24-10-6-7-11-24/h4-5,8-9,23H,6-7,10-13H2,1-3H3,(H,22,26)/p+1. The van der Waals surface area contributed by atoms with E-state index < -0.39 is 0 Å². The van der Waals surface area contributed by atoms with Crippen LogP contribution in [0.5, 0.6) is 0 Å². The Morgan fingerprint density at radius 2 is 1.77 bits per heavy atom. The van der Waals surface area contributed by atoms with Crippen molar-refractivity contribution in [1.29, 1.82) is 0 Å². The van der Waals surface area contributed by atoms with E-state index in [1.165, 1.54) is 38.4 Å². The van der Waals surface area contributed by atoms with E-state index in [0.29, 0.717) is 17.8 Å². The summed E-state index contributed by atoms with van der Waals surface area (Å²) in [7, 11) is 0. The van der Waals surface area contributed by atoms with Crippen LogP contribution in [0.25, 0.3) is 0 Å². The second-order valence-electron chi connectivity index (χ2n) is 7.27. The second-order valence-corrected chi connectivity index (χ2v) is 7.27. The predicted molar refractivity (Wildman–Crippen MR) is 102 cm³/mol. The Bertz CT molecular complexity index is 817. The molecule has 0 spiro atoms. The molecule has 1 aliphatic rings. The van der Waals surface area contributed by atoms with Crippen molar-refractivity contribution in [3.63, 3.8) is 0 Å². The number of benzene rings is 1. The lowest BCUT2D eigenvalue weighted by Gasteiger charge is -2.15. The van der Waals surface area contributed by atoms with Gasteiger partial charge in [-0.25, -0.2) is 0 Å². The summed E-state index contributed by atoms with van der Waals surface area (Å²) in [4.78, 5) is 29.1. The molecular weight excluding hydrogens is 326 g/mol. The van der Waals surface area contributed by atoms with E-state index >= 15 is 0 Å². The molecule has 1 amide bonds. The number of nitrogens with one attached hydrogen (secondary N) is 3. The number of quaternary nitrogens is 1. The summed E-state index contributed by atoms with van der Waals surface area (Å²) < 4.78 is 0. The minimum absolute atomic E-state index is 0.0192. The highest BCUT2D eigenvalue weighted by Crippen LogP contribution is 2.18. The first kappa shape index (κ1) is 18.4. The third kappa shape index (κ3) is 3.88. The normalized spacial score (nSPS) is 14.6. The quantitative estimate of drug-likeness (QED) is 0.694. The number of rotatable bonds is 6. The SMILES string of the molecule is CC(=O)c1c(C)[nH]c(C(=O)NCc2ccccc2C[NH+]2CCCC2)c1C. The van der Waals surface area contributed by atoms with Crippen molar-refractivity contribution >= 4 is 11.7 Å². The van der Waals surface area contributed by atoms with Gasteiger partial charge in [0.25, 0.3) is 5.91 Å². The van der Waals surface area contributed by atoms with Gasteiger partial charge in [0.05, 0.1) is 13.1 Å². The molecule has 5 heteroatoms. The van der Waals surface area contributed by atoms with Gasteiger partial charge in [-0.15, -0.1) is 0 Å². The zero-order valence-electron chi connectivity index (χ0n) is 15.9. The van der Waals surface area contributed by atoms with E-state index in [4.69, 9.17) is 0 Å². The number of hydrogen-bond donors (Lipinski definition) is 3. The molecule has 0 bridgehead atoms. The summed E-state index contributed by atoms with van der Waals surface area (Å²) in [6.45, 7) is 9.15. The average Bonchev–Trinajstić information content (AvgIpc) is 3.21. The second kappa shape index (κ2) is 7.87. The van der Waals surface area contributed by atoms with Gasteiger partial charge < -0.3 is 15.2 Å². The zero-order chi connectivity index (χ0) is 18.7. The van der Waals surface area contributed by atoms with E-state index in [1.807, 2.05) is 19.9 Å². The molecule has 5 nitrogen and oxygen atoms in total. The van der Waals surface area contributed by atoms with Gasteiger partial charge in [0.2, 0.25) is 0 Å². The monoisotopic (exact) mass is 354 g/mol. The summed E-state index contributed by atoms with van der Waals surface area (Å²) in [6, 6.07) is 8.32. The van der Waals surface area contributed by atoms with Crippen molar-refractivity contribution in [2.45, 2.75) is 46.7 Å². The number of H-pyrrole nitrogens is 1. The first-order valence-electron chi connectivity index (χ1n) is 9.36. The molecule has 1 fully saturated rings. The molecule has 3 rings (SSSR count). The number of hydrogen-bond acceptors (Lipinski definition) is 2. The van der Waals surface area contributed by atoms with Crippen LogP contribution < -0.4 is 10.2 Å². The smallest absolute Gasteiger partial charge is 0.268 e. The molecule has 26 heavy (non-hydrogen) atoms. The molecule has 3 N–H and O–H groups in total. The van der Waals surface area contributed by atoms with Crippen LogP contribution in [0.2, 0.25) is 0 Å². The Morgan fingerprint density at radius 1 is 1.12 bits per heavy atom. The molecular formula is C21H28N3O2+. The number of Topliss-reactive ketones (excluding diaryl/α,β-unsaturated/α-hetero) is 1. The third-order valence-electron chi connectivity index (χ3n) is 5.33. The maximum Gasteiger partial charge on any atom is 0.268 e. The number of aromatic amines is 1. The van der Waals surface area contributed by atoms with E-state index in [1.54, 1.807) is 4.90 Å². The van der Waals surface area contributed by atoms with Gasteiger partial charge >= 0.3 is 0 Å². The summed E-state index contributed by atoms with van der Waals surface area (Å²) in [5, 5.41) is 3.01. The number of carbonyl (C=O) groups excluding carboxylic acids is 2. The van der Waals surface area contributed by atoms with Gasteiger partial charge in [0, 0.05) is 36.2 Å². The largest absolute Gasteiger partial charge is 0.354 e. The highest BCUT2D eigenvalue weighted by molar-refractivity contribution is 6.02. The highest BCUT2D eigenvalue weighted by atomic mass is 16.2. The third-order valence-corrected chi connectivity index (χ3v) is 5.33. The topological polar surface area (TPSA) is 66.4 Å². The van der Waals surface area contributed by atoms with E-state index in [2.05, 4.69) is 28.5 Å². The maximum absolute atomic E-state index is 12.6. The zero-order valence-corrected chi connectivity index (χ0v) is 15.9. The van der Waals surface area contributed by atoms with E-state index in [-0.39, 0.29) is 11.7 Å². The fraction of sp³-hybridized carbons (Fsp3) is 0.429. The van der Waals surface area contributed by atoms with Crippen LogP contribution in [-0.4, -0.2) is 29.8 Å². The predicted octanol–water partition coefficient (Wildman–Crippen LogP) is 1.94. The summed E-state index contributed by atoms with van der Waals surface area (Å²) in [6.07, 6.45) is 2.61. The van der Waals surface area contributed by atoms with Gasteiger partial charge in [-0.1, -0.05) is 24.3 Å². The molecule has 0 radical (unpaired) electrons. The first-order chi connectivity index (χ1) is 12.5. The van der Waals surface area contributed by atoms with Crippen LogP contribution in [0, 0.1) is 13.8 Å². The van der Waals surface area contributed by atoms with Crippen LogP contribution in [-0.2, 0) is 13.1 Å². The number of aryl methyl sites for hydroxylation is 1. The van der Waals surface area contributed by atoms with E-state index in [0.717, 1.165) is 23.4 Å². The Hall–Kier alpha value is -2.40. The summed E-state index contributed by atoms with van der Waals surface area (Å²) in [5.41, 5.74) is 5.03. The number of ketones is 1. The van der Waals surface area contributed by atoms with Crippen LogP contribution in [0.1, 0.15) is 63.0 Å². The van der Waals surface area contributed by atoms with Gasteiger partial charge in [-0.2, -0.15) is 0 Å². The molecule has 1 aliphatic heterocycles. The molecule has 0 unspecified atom stereocenters. The van der Waals surface area contributed by atoms with Crippen LogP contribution >= 0.6 is 0 Å². The highest BCUT2D eigenvalue weighted by Gasteiger charge is 2.20. The first-order valence-corrected chi connectivity index (χ1v) is 9.36. The lowest BCUT2D eigenvalue weighted by Crippen LogP contribution is -3.08. The lowest BCUT2D eigenvalue weighted by molar-refractivity contribution is -0.901. The minimum Gasteiger partial charge on any atom is -0.354 e. The number of carbonyl (C=O) groups is 2. The number of likely N-dealkylation sites (tertiary alicyclic amines) is 1. The molecule has 2 heterocycles. The van der Waals surface area contributed by atoms with Crippen LogP contribution in [0.3, 0.4) is 0 Å². The van der Waals surface area contributed by atoms with Gasteiger partial charge in [-0.05, 0) is 31.9 Å². The summed E-state index contributed by atoms with van der Waals surface area (Å²) in [5.74, 6) is -0.185. The lowest BCUT2D eigenvalue weighted by atomic mass is 10.1. The molecule has 0 aliphatic carbocycles. The summed E-state index contributed by atoms with van der Waals surface area (Å²) >= 11 is 0. The minimum atomic E-state index is -0.165. The molecule has 1 aromatic heterocycles. The molecule has 0 saturated carbocycles. The Labute approximate surface area is 154 Å². The van der Waals surface area contributed by atoms with Crippen molar-refractivity contribution in [2.75, 3.05) is 13.1 Å². The Kier molecular flexibility index (Phi) is 5.57.